The van der Waals surface area contributed by atoms with E-state index in [1.165, 1.54) is 0 Å². The summed E-state index contributed by atoms with van der Waals surface area (Å²) in [6.45, 7) is 0. The number of anilines is 2. The van der Waals surface area contributed by atoms with Gasteiger partial charge in [0.2, 0.25) is 0 Å². The van der Waals surface area contributed by atoms with Gasteiger partial charge in [-0.2, -0.15) is 26.3 Å². The van der Waals surface area contributed by atoms with Gasteiger partial charge in [0.05, 0.1) is 11.1 Å². The fraction of sp³-hybridized carbons (Fsp3) is 0.250. The van der Waals surface area contributed by atoms with E-state index < -0.39 is 40.2 Å². The lowest BCUT2D eigenvalue weighted by Crippen LogP contribution is -2.16. The van der Waals surface area contributed by atoms with Crippen LogP contribution in [0.1, 0.15) is 11.1 Å². The highest BCUT2D eigenvalue weighted by molar-refractivity contribution is 5.63. The van der Waals surface area contributed by atoms with Gasteiger partial charge in [0.1, 0.15) is 5.69 Å². The highest BCUT2D eigenvalue weighted by atomic mass is 19.4. The highest BCUT2D eigenvalue weighted by Gasteiger charge is 2.40. The van der Waals surface area contributed by atoms with E-state index in [1.807, 2.05) is 0 Å². The molecule has 0 aliphatic heterocycles. The Labute approximate surface area is 94.5 Å². The summed E-state index contributed by atoms with van der Waals surface area (Å²) < 4.78 is 98.2. The first kappa shape index (κ1) is 14.3. The molecule has 102 valence electrons. The number of nitrogens with two attached hydrogens (primary N) is 1. The van der Waals surface area contributed by atoms with Crippen molar-refractivity contribution < 1.29 is 35.3 Å². The van der Waals surface area contributed by atoms with Crippen LogP contribution in [-0.2, 0) is 12.4 Å². The number of alkyl halides is 6. The molecule has 0 heterocycles. The maximum atomic E-state index is 12.3. The molecule has 10 heteroatoms. The summed E-state index contributed by atoms with van der Waals surface area (Å²) in [5.74, 6) is 0. The Kier molecular flexibility index (Phi) is 3.32. The van der Waals surface area contributed by atoms with Crippen molar-refractivity contribution >= 4 is 11.4 Å². The minimum absolute atomic E-state index is 0.176. The molecule has 1 aromatic rings. The van der Waals surface area contributed by atoms with Crippen LogP contribution in [0.25, 0.3) is 0 Å². The van der Waals surface area contributed by atoms with Gasteiger partial charge in [-0.25, -0.2) is 0 Å². The third-order valence-electron chi connectivity index (χ3n) is 1.96. The van der Waals surface area contributed by atoms with E-state index in [4.69, 9.17) is 5.73 Å². The van der Waals surface area contributed by atoms with Gasteiger partial charge in [0.15, 0.2) is 0 Å². The van der Waals surface area contributed by atoms with Crippen molar-refractivity contribution in [1.29, 1.82) is 0 Å². The van der Waals surface area contributed by atoms with Gasteiger partial charge in [0, 0.05) is 5.69 Å². The van der Waals surface area contributed by atoms with Crippen molar-refractivity contribution in [3.63, 3.8) is 0 Å². The van der Waals surface area contributed by atoms with Crippen LogP contribution in [0.3, 0.4) is 0 Å². The number of benzene rings is 1. The van der Waals surface area contributed by atoms with Gasteiger partial charge in [-0.15, -0.1) is 0 Å². The normalized spacial score (nSPS) is 12.7. The first-order chi connectivity index (χ1) is 7.94. The molecule has 18 heavy (non-hydrogen) atoms. The molecule has 2 nitrogen and oxygen atoms in total. The molecular formula is C8H4F8N2. The first-order valence-corrected chi connectivity index (χ1v) is 4.14. The molecule has 0 amide bonds. The highest BCUT2D eigenvalue weighted by Crippen LogP contribution is 2.43. The Morgan fingerprint density at radius 2 is 1.28 bits per heavy atom. The molecule has 0 aliphatic rings. The average molecular weight is 280 g/mol. The fourth-order valence-corrected chi connectivity index (χ4v) is 1.22. The molecule has 0 unspecified atom stereocenters. The van der Waals surface area contributed by atoms with Crippen LogP contribution in [0.4, 0.5) is 46.7 Å². The average Bonchev–Trinajstić information content (AvgIpc) is 2.13. The quantitative estimate of drug-likeness (QED) is 0.480. The summed E-state index contributed by atoms with van der Waals surface area (Å²) in [6.07, 6.45) is -10.4. The third-order valence-corrected chi connectivity index (χ3v) is 1.96. The van der Waals surface area contributed by atoms with Gasteiger partial charge in [-0.05, 0) is 17.5 Å². The molecule has 0 saturated heterocycles. The molecule has 0 atom stereocenters. The van der Waals surface area contributed by atoms with E-state index in [0.717, 1.165) is 0 Å². The minimum atomic E-state index is -5.25. The number of hydrogen-bond acceptors (Lipinski definition) is 2. The molecule has 2 N–H and O–H groups in total. The van der Waals surface area contributed by atoms with Crippen molar-refractivity contribution in [1.82, 2.24) is 0 Å². The van der Waals surface area contributed by atoms with Crippen molar-refractivity contribution in [2.75, 3.05) is 11.1 Å². The standard InChI is InChI=1S/C8H4F8N2/c9-7(10,11)3-2-6(18(15)16)4(1-5(3)17)8(12,13)14/h1-2H,17H2. The lowest BCUT2D eigenvalue weighted by molar-refractivity contribution is -0.140. The van der Waals surface area contributed by atoms with Crippen LogP contribution >= 0.6 is 0 Å². The van der Waals surface area contributed by atoms with Crippen LogP contribution in [0.2, 0.25) is 0 Å². The zero-order valence-electron chi connectivity index (χ0n) is 8.20. The molecular weight excluding hydrogens is 276 g/mol. The number of nitrogens with zero attached hydrogens (tertiary/aromatic N) is 1. The minimum Gasteiger partial charge on any atom is -0.398 e. The van der Waals surface area contributed by atoms with Gasteiger partial charge in [-0.3, -0.25) is 0 Å². The summed E-state index contributed by atoms with van der Waals surface area (Å²) in [7, 11) is 0. The lowest BCUT2D eigenvalue weighted by atomic mass is 10.1. The Morgan fingerprint density at radius 1 is 0.833 bits per heavy atom. The second-order valence-electron chi connectivity index (χ2n) is 3.19. The summed E-state index contributed by atoms with van der Waals surface area (Å²) >= 11 is 0. The first-order valence-electron chi connectivity index (χ1n) is 4.14. The molecule has 1 rings (SSSR count). The maximum Gasteiger partial charge on any atom is 0.418 e. The molecule has 0 bridgehead atoms. The summed E-state index contributed by atoms with van der Waals surface area (Å²) in [5, 5.41) is -2.04. The van der Waals surface area contributed by atoms with E-state index in [2.05, 4.69) is 0 Å². The van der Waals surface area contributed by atoms with Gasteiger partial charge in [0.25, 0.3) is 0 Å². The Balaban J connectivity index is 3.55. The van der Waals surface area contributed by atoms with E-state index >= 15 is 0 Å². The predicted octanol–water partition coefficient (Wildman–Crippen LogP) is 3.88. The summed E-state index contributed by atoms with van der Waals surface area (Å²) in [6, 6.07) is -0.525. The second kappa shape index (κ2) is 4.18. The monoisotopic (exact) mass is 280 g/mol. The SMILES string of the molecule is Nc1cc(C(F)(F)F)c(N(F)F)cc1C(F)(F)F. The van der Waals surface area contributed by atoms with E-state index in [9.17, 15) is 35.3 Å². The van der Waals surface area contributed by atoms with E-state index in [1.54, 1.807) is 0 Å². The summed E-state index contributed by atoms with van der Waals surface area (Å²) in [5.41, 5.74) is -2.11. The van der Waals surface area contributed by atoms with Crippen molar-refractivity contribution in [2.45, 2.75) is 12.4 Å². The largest absolute Gasteiger partial charge is 0.418 e. The second-order valence-corrected chi connectivity index (χ2v) is 3.19. The molecule has 0 aromatic heterocycles. The van der Waals surface area contributed by atoms with Crippen molar-refractivity contribution in [2.24, 2.45) is 0 Å². The van der Waals surface area contributed by atoms with Crippen LogP contribution in [0.15, 0.2) is 12.1 Å². The molecule has 0 spiro atoms. The van der Waals surface area contributed by atoms with Gasteiger partial charge >= 0.3 is 12.4 Å². The Bertz CT molecular complexity index is 448. The topological polar surface area (TPSA) is 29.3 Å². The Morgan fingerprint density at radius 3 is 1.61 bits per heavy atom. The smallest absolute Gasteiger partial charge is 0.398 e. The number of hydrogen-bond donors (Lipinski definition) is 1. The number of halogens is 8. The number of rotatable bonds is 1. The predicted molar refractivity (Wildman–Crippen MR) is 45.6 cm³/mol. The summed E-state index contributed by atoms with van der Waals surface area (Å²) in [4.78, 5) is 0. The third kappa shape index (κ3) is 2.74. The zero-order chi connectivity index (χ0) is 14.3. The van der Waals surface area contributed by atoms with Gasteiger partial charge in [-0.1, -0.05) is 8.96 Å². The van der Waals surface area contributed by atoms with Crippen LogP contribution in [-0.4, -0.2) is 0 Å². The van der Waals surface area contributed by atoms with E-state index in [0.29, 0.717) is 0 Å². The molecule has 0 aliphatic carbocycles. The Hall–Kier alpha value is -1.74. The van der Waals surface area contributed by atoms with Crippen LogP contribution in [0, 0.1) is 0 Å². The zero-order valence-corrected chi connectivity index (χ0v) is 8.20. The maximum absolute atomic E-state index is 12.3. The molecule has 0 fully saturated rings. The van der Waals surface area contributed by atoms with Crippen molar-refractivity contribution in [3.8, 4) is 0 Å². The number of nitrogen functional groups attached to an aromatic ring is 1. The van der Waals surface area contributed by atoms with Crippen LogP contribution < -0.4 is 11.1 Å². The van der Waals surface area contributed by atoms with Crippen molar-refractivity contribution in [3.05, 3.63) is 23.3 Å². The lowest BCUT2D eigenvalue weighted by Gasteiger charge is -2.17. The van der Waals surface area contributed by atoms with E-state index in [-0.39, 0.29) is 12.1 Å². The van der Waals surface area contributed by atoms with Crippen LogP contribution in [0.5, 0.6) is 0 Å². The fourth-order valence-electron chi connectivity index (χ4n) is 1.22. The molecule has 0 saturated carbocycles. The molecule has 1 aromatic carbocycles. The van der Waals surface area contributed by atoms with Gasteiger partial charge < -0.3 is 5.73 Å². The molecule has 0 radical (unpaired) electrons.